The van der Waals surface area contributed by atoms with Crippen molar-refractivity contribution < 1.29 is 0 Å². The molecule has 3 heteroatoms. The minimum absolute atomic E-state index is 0. The molecule has 0 aliphatic carbocycles. The Kier molecular flexibility index (Phi) is 7.63. The van der Waals surface area contributed by atoms with Gasteiger partial charge in [-0.3, -0.25) is 4.34 Å². The standard InChI is InChI=1S/C8H10BrN.Pb.2H/c9-10-7-6-8-4-2-1-3-5-8;;;/h1-5,10H,6-7H2;;;. The molecule has 0 saturated carbocycles. The predicted octanol–water partition coefficient (Wildman–Crippen LogP) is 1.21. The second-order valence-electron chi connectivity index (χ2n) is 2.12. The zero-order valence-electron chi connectivity index (χ0n) is 6.39. The van der Waals surface area contributed by atoms with Gasteiger partial charge in [-0.25, -0.2) is 0 Å². The zero-order valence-corrected chi connectivity index (χ0v) is 13.5. The van der Waals surface area contributed by atoms with Crippen LogP contribution in [0.1, 0.15) is 5.56 Å². The van der Waals surface area contributed by atoms with Crippen molar-refractivity contribution >= 4 is 43.4 Å². The second kappa shape index (κ2) is 7.24. The average molecular weight is 409 g/mol. The molecule has 0 aliphatic heterocycles. The topological polar surface area (TPSA) is 12.0 Å². The molecule has 2 radical (unpaired) electrons. The van der Waals surface area contributed by atoms with Crippen LogP contribution in [0, 0.1) is 0 Å². The van der Waals surface area contributed by atoms with Crippen LogP contribution in [0.2, 0.25) is 0 Å². The predicted molar refractivity (Wildman–Crippen MR) is 55.6 cm³/mol. The SMILES string of the molecule is BrNCCc1ccccc1.[PbH2]. The Morgan fingerprint density at radius 1 is 1.18 bits per heavy atom. The van der Waals surface area contributed by atoms with Crippen LogP contribution in [0.25, 0.3) is 0 Å². The summed E-state index contributed by atoms with van der Waals surface area (Å²) in [5.74, 6) is 0. The van der Waals surface area contributed by atoms with Crippen LogP contribution in [0.3, 0.4) is 0 Å². The molecule has 1 N–H and O–H groups in total. The number of halogens is 1. The van der Waals surface area contributed by atoms with Crippen LogP contribution in [-0.2, 0) is 6.42 Å². The van der Waals surface area contributed by atoms with E-state index in [-0.39, 0.29) is 27.3 Å². The van der Waals surface area contributed by atoms with Crippen LogP contribution in [-0.4, -0.2) is 33.8 Å². The fourth-order valence-electron chi connectivity index (χ4n) is 0.836. The average Bonchev–Trinajstić information content (AvgIpc) is 2.03. The van der Waals surface area contributed by atoms with Crippen molar-refractivity contribution in [2.75, 3.05) is 6.54 Å². The fourth-order valence-corrected chi connectivity index (χ4v) is 1.03. The summed E-state index contributed by atoms with van der Waals surface area (Å²) in [4.78, 5) is 0. The van der Waals surface area contributed by atoms with Crippen LogP contribution >= 0.6 is 16.1 Å². The summed E-state index contributed by atoms with van der Waals surface area (Å²) in [5, 5.41) is 0. The third kappa shape index (κ3) is 4.92. The van der Waals surface area contributed by atoms with E-state index in [2.05, 4.69) is 44.8 Å². The quantitative estimate of drug-likeness (QED) is 0.585. The van der Waals surface area contributed by atoms with Crippen LogP contribution in [0.15, 0.2) is 30.3 Å². The van der Waals surface area contributed by atoms with Gasteiger partial charge in [0.1, 0.15) is 0 Å². The first-order valence-electron chi connectivity index (χ1n) is 3.31. The normalized spacial score (nSPS) is 8.82. The molecule has 0 heterocycles. The van der Waals surface area contributed by atoms with Gasteiger partial charge >= 0.3 is 27.3 Å². The molecule has 1 nitrogen and oxygen atoms in total. The molecule has 0 amide bonds. The number of hydrogen-bond donors (Lipinski definition) is 1. The van der Waals surface area contributed by atoms with Crippen molar-refractivity contribution in [3.8, 4) is 0 Å². The van der Waals surface area contributed by atoms with Gasteiger partial charge < -0.3 is 0 Å². The molecular formula is C8H12BrNPb. The molecule has 1 aromatic rings. The van der Waals surface area contributed by atoms with Gasteiger partial charge in [0.05, 0.1) is 0 Å². The Labute approximate surface area is 96.1 Å². The van der Waals surface area contributed by atoms with Crippen LogP contribution in [0.5, 0.6) is 0 Å². The van der Waals surface area contributed by atoms with Gasteiger partial charge in [-0.15, -0.1) is 0 Å². The second-order valence-corrected chi connectivity index (χ2v) is 2.68. The van der Waals surface area contributed by atoms with Crippen molar-refractivity contribution in [1.82, 2.24) is 4.34 Å². The third-order valence-corrected chi connectivity index (χ3v) is 1.75. The Morgan fingerprint density at radius 3 is 2.36 bits per heavy atom. The maximum atomic E-state index is 3.16. The first-order chi connectivity index (χ1) is 4.93. The van der Waals surface area contributed by atoms with Gasteiger partial charge in [0.15, 0.2) is 0 Å². The summed E-state index contributed by atoms with van der Waals surface area (Å²) < 4.78 is 2.93. The molecule has 60 valence electrons. The monoisotopic (exact) mass is 409 g/mol. The molecule has 1 aromatic carbocycles. The van der Waals surface area contributed by atoms with Gasteiger partial charge in [-0.05, 0) is 12.0 Å². The van der Waals surface area contributed by atoms with Crippen molar-refractivity contribution in [2.45, 2.75) is 6.42 Å². The number of nitrogens with one attached hydrogen (secondary N) is 1. The molecular weight excluding hydrogens is 397 g/mol. The number of hydrogen-bond acceptors (Lipinski definition) is 1. The first kappa shape index (κ1) is 11.6. The fraction of sp³-hybridized carbons (Fsp3) is 0.250. The number of benzene rings is 1. The summed E-state index contributed by atoms with van der Waals surface area (Å²) in [6.07, 6.45) is 1.08. The van der Waals surface area contributed by atoms with E-state index in [1.807, 2.05) is 6.07 Å². The maximum absolute atomic E-state index is 3.16. The molecule has 0 spiro atoms. The zero-order chi connectivity index (χ0) is 7.23. The summed E-state index contributed by atoms with van der Waals surface area (Å²) in [5.41, 5.74) is 1.37. The Balaban J connectivity index is 0.000001000. The van der Waals surface area contributed by atoms with Gasteiger partial charge in [-0.1, -0.05) is 30.3 Å². The van der Waals surface area contributed by atoms with E-state index in [9.17, 15) is 0 Å². The molecule has 0 bridgehead atoms. The molecule has 11 heavy (non-hydrogen) atoms. The van der Waals surface area contributed by atoms with E-state index in [1.165, 1.54) is 5.56 Å². The Morgan fingerprint density at radius 2 is 1.82 bits per heavy atom. The molecule has 0 unspecified atom stereocenters. The van der Waals surface area contributed by atoms with Gasteiger partial charge in [0, 0.05) is 22.7 Å². The summed E-state index contributed by atoms with van der Waals surface area (Å²) in [6.45, 7) is 0.976. The molecule has 0 aliphatic rings. The van der Waals surface area contributed by atoms with Crippen LogP contribution < -0.4 is 4.34 Å². The summed E-state index contributed by atoms with van der Waals surface area (Å²) in [7, 11) is 0. The molecule has 0 saturated heterocycles. The Hall–Kier alpha value is 0.582. The van der Waals surface area contributed by atoms with E-state index >= 15 is 0 Å². The van der Waals surface area contributed by atoms with Crippen molar-refractivity contribution in [1.29, 1.82) is 0 Å². The van der Waals surface area contributed by atoms with Gasteiger partial charge in [0.25, 0.3) is 0 Å². The van der Waals surface area contributed by atoms with E-state index in [4.69, 9.17) is 0 Å². The molecule has 0 aromatic heterocycles. The van der Waals surface area contributed by atoms with E-state index in [1.54, 1.807) is 0 Å². The third-order valence-electron chi connectivity index (χ3n) is 1.35. The van der Waals surface area contributed by atoms with Crippen LogP contribution in [0.4, 0.5) is 0 Å². The molecule has 1 rings (SSSR count). The summed E-state index contributed by atoms with van der Waals surface area (Å²) in [6, 6.07) is 10.4. The van der Waals surface area contributed by atoms with E-state index in [0.717, 1.165) is 13.0 Å². The van der Waals surface area contributed by atoms with Gasteiger partial charge in [0.2, 0.25) is 0 Å². The van der Waals surface area contributed by atoms with E-state index in [0.29, 0.717) is 0 Å². The van der Waals surface area contributed by atoms with Gasteiger partial charge in [-0.2, -0.15) is 0 Å². The van der Waals surface area contributed by atoms with Crippen molar-refractivity contribution in [3.05, 3.63) is 35.9 Å². The van der Waals surface area contributed by atoms with Crippen molar-refractivity contribution in [2.24, 2.45) is 0 Å². The Bertz CT molecular complexity index is 179. The first-order valence-corrected chi connectivity index (χ1v) is 4.10. The minimum atomic E-state index is 0. The molecule has 0 atom stereocenters. The molecule has 0 fully saturated rings. The number of rotatable bonds is 3. The van der Waals surface area contributed by atoms with Crippen molar-refractivity contribution in [3.63, 3.8) is 0 Å². The van der Waals surface area contributed by atoms with E-state index < -0.39 is 0 Å². The summed E-state index contributed by atoms with van der Waals surface area (Å²) >= 11 is 3.16.